The third-order valence-corrected chi connectivity index (χ3v) is 12.1. The number of unbranched alkanes of at least 4 members (excludes halogenated alkanes) is 2. The smallest absolute Gasteiger partial charge is 0.315 e. The van der Waals surface area contributed by atoms with Crippen molar-refractivity contribution in [2.24, 2.45) is 0 Å². The number of amides is 4. The Kier molecular flexibility index (Phi) is 11.1. The molecule has 0 saturated carbocycles. The molecule has 8 atom stereocenters. The van der Waals surface area contributed by atoms with Gasteiger partial charge in [0.2, 0.25) is 0 Å². The van der Waals surface area contributed by atoms with Gasteiger partial charge in [-0.15, -0.1) is 0 Å². The molecule has 2 aromatic rings. The topological polar surface area (TPSA) is 214 Å². The molecule has 0 aliphatic carbocycles. The highest BCUT2D eigenvalue weighted by molar-refractivity contribution is 8.00. The maximum atomic E-state index is 13.1. The van der Waals surface area contributed by atoms with Crippen molar-refractivity contribution < 1.29 is 33.4 Å². The lowest BCUT2D eigenvalue weighted by atomic mass is 10.0. The average molecular weight is 704 g/mol. The van der Waals surface area contributed by atoms with Crippen molar-refractivity contribution in [2.75, 3.05) is 24.3 Å². The first-order valence-corrected chi connectivity index (χ1v) is 18.3. The molecule has 6 N–H and O–H groups in total. The van der Waals surface area contributed by atoms with Crippen LogP contribution in [0.2, 0.25) is 0 Å². The molecule has 4 fully saturated rings. The zero-order valence-electron chi connectivity index (χ0n) is 26.5. The third-order valence-electron chi connectivity index (χ3n) is 9.03. The van der Waals surface area contributed by atoms with E-state index in [1.54, 1.807) is 4.57 Å². The molecule has 4 saturated heterocycles. The van der Waals surface area contributed by atoms with Crippen molar-refractivity contribution in [1.29, 1.82) is 0 Å². The van der Waals surface area contributed by atoms with E-state index in [0.29, 0.717) is 34.5 Å². The normalized spacial score (nSPS) is 27.2. The molecule has 6 heterocycles. The fourth-order valence-electron chi connectivity index (χ4n) is 6.63. The van der Waals surface area contributed by atoms with Crippen LogP contribution in [0.3, 0.4) is 0 Å². The van der Waals surface area contributed by atoms with Gasteiger partial charge < -0.3 is 41.2 Å². The van der Waals surface area contributed by atoms with Crippen LogP contribution < -0.4 is 27.0 Å². The number of carbonyl (C=O) groups excluding carboxylic acids is 4. The Balaban J connectivity index is 1.01. The van der Waals surface area contributed by atoms with E-state index in [1.807, 2.05) is 23.5 Å². The van der Waals surface area contributed by atoms with E-state index in [4.69, 9.17) is 19.9 Å². The number of nitrogens with one attached hydrogen (secondary N) is 4. The maximum absolute atomic E-state index is 13.1. The average Bonchev–Trinajstić information content (AvgIpc) is 3.88. The van der Waals surface area contributed by atoms with Gasteiger partial charge >= 0.3 is 24.0 Å². The molecule has 0 spiro atoms. The summed E-state index contributed by atoms with van der Waals surface area (Å²) in [5, 5.41) is 12.5. The highest BCUT2D eigenvalue weighted by Gasteiger charge is 2.43. The zero-order chi connectivity index (χ0) is 33.6. The van der Waals surface area contributed by atoms with Crippen molar-refractivity contribution in [3.63, 3.8) is 0 Å². The minimum absolute atomic E-state index is 0.111. The van der Waals surface area contributed by atoms with Gasteiger partial charge in [-0.3, -0.25) is 14.2 Å². The number of nitrogens with zero attached hydrogens (tertiary/aromatic N) is 4. The molecule has 4 aliphatic heterocycles. The number of thioether (sulfide) groups is 2. The molecule has 6 rings (SSSR count). The summed E-state index contributed by atoms with van der Waals surface area (Å²) in [7, 11) is 1.46. The van der Waals surface area contributed by atoms with Gasteiger partial charge in [-0.05, 0) is 31.8 Å². The second-order valence-corrected chi connectivity index (χ2v) is 14.8. The predicted molar refractivity (Wildman–Crippen MR) is 179 cm³/mol. The number of carbonyl (C=O) groups is 4. The first kappa shape index (κ1) is 34.1. The van der Waals surface area contributed by atoms with Gasteiger partial charge in [-0.1, -0.05) is 12.8 Å². The molecule has 4 aliphatic rings. The van der Waals surface area contributed by atoms with Crippen LogP contribution in [0, 0.1) is 0 Å². The predicted octanol–water partition coefficient (Wildman–Crippen LogP) is 1.97. The van der Waals surface area contributed by atoms with Crippen molar-refractivity contribution in [3.05, 3.63) is 25.0 Å². The Bertz CT molecular complexity index is 1530. The van der Waals surface area contributed by atoms with Gasteiger partial charge in [-0.25, -0.2) is 24.5 Å². The van der Waals surface area contributed by atoms with Gasteiger partial charge in [0.15, 0.2) is 23.8 Å². The summed E-state index contributed by atoms with van der Waals surface area (Å²) in [6, 6.07) is 0.347. The summed E-state index contributed by atoms with van der Waals surface area (Å²) in [6.45, 7) is 0. The fraction of sp³-hybridized carbons (Fsp3) is 0.633. The van der Waals surface area contributed by atoms with Crippen LogP contribution in [0.15, 0.2) is 25.0 Å². The Morgan fingerprint density at radius 3 is 2.19 bits per heavy atom. The van der Waals surface area contributed by atoms with E-state index < -0.39 is 24.3 Å². The van der Waals surface area contributed by atoms with Gasteiger partial charge in [0.05, 0.1) is 36.8 Å². The molecule has 2 aromatic heterocycles. The number of urea groups is 2. The molecule has 260 valence electrons. The Morgan fingerprint density at radius 2 is 1.56 bits per heavy atom. The number of nitrogen functional groups attached to an aromatic ring is 1. The maximum Gasteiger partial charge on any atom is 0.315 e. The molecular formula is C30H41N9O7S2. The summed E-state index contributed by atoms with van der Waals surface area (Å²) in [6.07, 6.45) is 8.65. The van der Waals surface area contributed by atoms with E-state index in [0.717, 1.165) is 37.2 Å². The van der Waals surface area contributed by atoms with E-state index in [9.17, 15) is 19.2 Å². The minimum Gasteiger partial charge on any atom is -0.453 e. The minimum atomic E-state index is -0.989. The van der Waals surface area contributed by atoms with E-state index in [1.165, 1.54) is 32.1 Å². The van der Waals surface area contributed by atoms with E-state index in [2.05, 4.69) is 36.2 Å². The number of ether oxygens (including phenoxy) is 3. The van der Waals surface area contributed by atoms with Gasteiger partial charge in [0.1, 0.15) is 11.8 Å². The summed E-state index contributed by atoms with van der Waals surface area (Å²) in [4.78, 5) is 61.4. The highest BCUT2D eigenvalue weighted by atomic mass is 32.2. The summed E-state index contributed by atoms with van der Waals surface area (Å²) in [5.74, 6) is 1.12. The monoisotopic (exact) mass is 703 g/mol. The van der Waals surface area contributed by atoms with E-state index in [-0.39, 0.29) is 54.9 Å². The molecule has 0 aromatic carbocycles. The molecule has 16 nitrogen and oxygen atoms in total. The zero-order valence-corrected chi connectivity index (χ0v) is 28.2. The number of methoxy groups -OCH3 is 1. The van der Waals surface area contributed by atoms with E-state index >= 15 is 0 Å². The number of fused-ring (bicyclic) bond motifs is 3. The summed E-state index contributed by atoms with van der Waals surface area (Å²) in [5.41, 5.74) is 6.74. The van der Waals surface area contributed by atoms with Crippen LogP contribution in [-0.2, 0) is 23.8 Å². The lowest BCUT2D eigenvalue weighted by molar-refractivity contribution is -0.156. The SMILES string of the molecule is COC([C@H](/C=C/OC(=O)CCCC[C@@H]1SC[C@@H]2NC(=O)N[C@@H]21)OC(=O)CCCC[C@@H]1SC[C@@H]2NC(=O)N[C@@H]21)n1cnc2c(N)ncnc21. The second-order valence-electron chi connectivity index (χ2n) is 12.2. The lowest BCUT2D eigenvalue weighted by Crippen LogP contribution is -2.36. The Hall–Kier alpha value is -3.77. The number of rotatable bonds is 16. The molecule has 4 amide bonds. The second kappa shape index (κ2) is 15.6. The molecule has 1 unspecified atom stereocenters. The molecule has 0 radical (unpaired) electrons. The van der Waals surface area contributed by atoms with Crippen molar-refractivity contribution in [1.82, 2.24) is 40.8 Å². The van der Waals surface area contributed by atoms with Crippen molar-refractivity contribution in [3.8, 4) is 0 Å². The van der Waals surface area contributed by atoms with Crippen LogP contribution in [-0.4, -0.2) is 103 Å². The number of nitrogens with two attached hydrogens (primary N) is 1. The number of hydrogen-bond acceptors (Lipinski definition) is 13. The quantitative estimate of drug-likeness (QED) is 0.0733. The number of aromatic nitrogens is 4. The van der Waals surface area contributed by atoms with Gasteiger partial charge in [0, 0.05) is 42.0 Å². The van der Waals surface area contributed by atoms with Crippen LogP contribution in [0.25, 0.3) is 11.2 Å². The van der Waals surface area contributed by atoms with Crippen LogP contribution in [0.5, 0.6) is 0 Å². The number of esters is 2. The largest absolute Gasteiger partial charge is 0.453 e. The molecule has 0 bridgehead atoms. The molecule has 18 heteroatoms. The number of hydrogen-bond donors (Lipinski definition) is 5. The lowest BCUT2D eigenvalue weighted by Gasteiger charge is -2.25. The summed E-state index contributed by atoms with van der Waals surface area (Å²) < 4.78 is 18.6. The highest BCUT2D eigenvalue weighted by Crippen LogP contribution is 2.34. The van der Waals surface area contributed by atoms with Crippen molar-refractivity contribution >= 4 is 64.5 Å². The van der Waals surface area contributed by atoms with Crippen LogP contribution >= 0.6 is 23.5 Å². The molecule has 48 heavy (non-hydrogen) atoms. The van der Waals surface area contributed by atoms with Gasteiger partial charge in [0.25, 0.3) is 0 Å². The number of imidazole rings is 1. The summed E-state index contributed by atoms with van der Waals surface area (Å²) >= 11 is 3.68. The van der Waals surface area contributed by atoms with Crippen LogP contribution in [0.4, 0.5) is 15.4 Å². The first-order valence-electron chi connectivity index (χ1n) is 16.2. The fourth-order valence-corrected chi connectivity index (χ4v) is 9.72. The Labute approximate surface area is 285 Å². The molecular weight excluding hydrogens is 663 g/mol. The van der Waals surface area contributed by atoms with Crippen LogP contribution in [0.1, 0.15) is 57.6 Å². The van der Waals surface area contributed by atoms with Gasteiger partial charge in [-0.2, -0.15) is 23.5 Å². The first-order chi connectivity index (χ1) is 23.3. The van der Waals surface area contributed by atoms with Crippen molar-refractivity contribution in [2.45, 2.75) is 98.4 Å². The third kappa shape index (κ3) is 7.92. The Morgan fingerprint density at radius 1 is 0.938 bits per heavy atom. The standard InChI is InChI=1S/C30H41N9O7S2/c1-44-28(39-15-34-25-26(31)32-14-33-27(25)39)18(46-22(41)9-5-3-7-20-24-17(13-48-20)36-30(43)38-24)10-11-45-21(40)8-4-2-6-19-23-16(12-47-19)35-29(42)37-23/h10-11,14-20,23-24,28H,2-9,12-13H2,1H3,(H2,31,32,33)(H2,35,37,42)(H2,36,38,43)/b11-10+/t16-,17-,18-,19-,20-,23-,24-,28?/m0/s1. The number of anilines is 1.